The van der Waals surface area contributed by atoms with Crippen LogP contribution in [0.2, 0.25) is 0 Å². The van der Waals surface area contributed by atoms with Crippen molar-refractivity contribution in [3.63, 3.8) is 0 Å². The van der Waals surface area contributed by atoms with E-state index in [1.165, 1.54) is 6.07 Å². The minimum absolute atomic E-state index is 0.203. The molecule has 0 aliphatic heterocycles. The third-order valence-corrected chi connectivity index (χ3v) is 2.27. The molecule has 19 heavy (non-hydrogen) atoms. The summed E-state index contributed by atoms with van der Waals surface area (Å²) >= 11 is 0. The van der Waals surface area contributed by atoms with Crippen LogP contribution >= 0.6 is 0 Å². The van der Waals surface area contributed by atoms with Crippen LogP contribution in [0, 0.1) is 0 Å². The zero-order valence-electron chi connectivity index (χ0n) is 11.1. The second-order valence-corrected chi connectivity index (χ2v) is 4.20. The lowest BCUT2D eigenvalue weighted by atomic mass is 10.3. The van der Waals surface area contributed by atoms with Crippen LogP contribution in [0.1, 0.15) is 32.5 Å². The highest BCUT2D eigenvalue weighted by atomic mass is 19.4. The Hall–Kier alpha value is -1.53. The Morgan fingerprint density at radius 2 is 1.68 bits per heavy atom. The van der Waals surface area contributed by atoms with E-state index in [1.807, 2.05) is 13.8 Å². The van der Waals surface area contributed by atoms with Crippen LogP contribution in [0.3, 0.4) is 0 Å². The van der Waals surface area contributed by atoms with E-state index in [1.54, 1.807) is 0 Å². The first-order chi connectivity index (χ1) is 8.94. The molecule has 4 nitrogen and oxygen atoms in total. The van der Waals surface area contributed by atoms with E-state index in [0.717, 1.165) is 19.4 Å². The van der Waals surface area contributed by atoms with Gasteiger partial charge in [0, 0.05) is 19.0 Å². The zero-order chi connectivity index (χ0) is 14.3. The van der Waals surface area contributed by atoms with Crippen molar-refractivity contribution < 1.29 is 13.2 Å². The Bertz CT molecular complexity index is 393. The van der Waals surface area contributed by atoms with Crippen LogP contribution in [-0.2, 0) is 6.42 Å². The summed E-state index contributed by atoms with van der Waals surface area (Å²) in [6.07, 6.45) is -1.86. The number of hydrogen-bond acceptors (Lipinski definition) is 4. The van der Waals surface area contributed by atoms with Gasteiger partial charge in [0.05, 0.1) is 0 Å². The molecule has 0 saturated heterocycles. The van der Waals surface area contributed by atoms with Crippen molar-refractivity contribution in [1.82, 2.24) is 9.97 Å². The van der Waals surface area contributed by atoms with Crippen molar-refractivity contribution >= 4 is 11.6 Å². The number of hydrogen-bond donors (Lipinski definition) is 2. The summed E-state index contributed by atoms with van der Waals surface area (Å²) in [6.45, 7) is 3.60. The average Bonchev–Trinajstić information content (AvgIpc) is 2.33. The van der Waals surface area contributed by atoms with Gasteiger partial charge in [-0.15, -0.1) is 0 Å². The van der Waals surface area contributed by atoms with Gasteiger partial charge < -0.3 is 10.6 Å². The summed E-state index contributed by atoms with van der Waals surface area (Å²) < 4.78 is 36.5. The summed E-state index contributed by atoms with van der Waals surface area (Å²) in [7, 11) is 0. The maximum atomic E-state index is 12.2. The van der Waals surface area contributed by atoms with Crippen molar-refractivity contribution in [1.29, 1.82) is 0 Å². The van der Waals surface area contributed by atoms with Crippen molar-refractivity contribution in [2.45, 2.75) is 39.3 Å². The topological polar surface area (TPSA) is 49.8 Å². The number of rotatable bonds is 7. The van der Waals surface area contributed by atoms with Gasteiger partial charge in [-0.2, -0.15) is 13.2 Å². The molecule has 0 bridgehead atoms. The fourth-order valence-electron chi connectivity index (χ4n) is 1.46. The molecule has 0 spiro atoms. The molecule has 0 unspecified atom stereocenters. The van der Waals surface area contributed by atoms with Gasteiger partial charge in [0.25, 0.3) is 0 Å². The number of aryl methyl sites for hydroxylation is 1. The first kappa shape index (κ1) is 15.5. The van der Waals surface area contributed by atoms with E-state index in [4.69, 9.17) is 0 Å². The van der Waals surface area contributed by atoms with Crippen LogP contribution in [0.5, 0.6) is 0 Å². The maximum absolute atomic E-state index is 12.2. The van der Waals surface area contributed by atoms with Gasteiger partial charge in [0.15, 0.2) is 0 Å². The molecule has 0 atom stereocenters. The largest absolute Gasteiger partial charge is 0.405 e. The van der Waals surface area contributed by atoms with Gasteiger partial charge in [0.1, 0.15) is 24.0 Å². The summed E-state index contributed by atoms with van der Waals surface area (Å²) in [4.78, 5) is 8.33. The number of anilines is 2. The van der Waals surface area contributed by atoms with Crippen molar-refractivity contribution in [2.24, 2.45) is 0 Å². The fourth-order valence-corrected chi connectivity index (χ4v) is 1.46. The van der Waals surface area contributed by atoms with Crippen LogP contribution in [-0.4, -0.2) is 29.2 Å². The first-order valence-corrected chi connectivity index (χ1v) is 6.37. The summed E-state index contributed by atoms with van der Waals surface area (Å²) in [5.74, 6) is 1.31. The number of aromatic nitrogens is 2. The van der Waals surface area contributed by atoms with Crippen molar-refractivity contribution in [3.8, 4) is 0 Å². The van der Waals surface area contributed by atoms with E-state index in [0.29, 0.717) is 18.1 Å². The predicted molar refractivity (Wildman–Crippen MR) is 69.4 cm³/mol. The Labute approximate surface area is 110 Å². The van der Waals surface area contributed by atoms with Crippen LogP contribution in [0.25, 0.3) is 0 Å². The standard InChI is InChI=1S/C12H19F3N4/c1-3-5-9-18-10(16-6-4-2)7-11(19-9)17-8-12(13,14)15/h7H,3-6,8H2,1-2H3,(H2,16,17,18,19). The first-order valence-electron chi connectivity index (χ1n) is 6.37. The van der Waals surface area contributed by atoms with Crippen LogP contribution in [0.4, 0.5) is 24.8 Å². The van der Waals surface area contributed by atoms with Crippen LogP contribution < -0.4 is 10.6 Å². The lowest BCUT2D eigenvalue weighted by Crippen LogP contribution is -2.22. The van der Waals surface area contributed by atoms with E-state index < -0.39 is 12.7 Å². The molecule has 2 N–H and O–H groups in total. The molecular weight excluding hydrogens is 257 g/mol. The molecule has 0 amide bonds. The molecule has 1 rings (SSSR count). The monoisotopic (exact) mass is 276 g/mol. The van der Waals surface area contributed by atoms with Crippen molar-refractivity contribution in [3.05, 3.63) is 11.9 Å². The highest BCUT2D eigenvalue weighted by molar-refractivity contribution is 5.47. The molecule has 7 heteroatoms. The number of halogens is 3. The van der Waals surface area contributed by atoms with Gasteiger partial charge in [-0.1, -0.05) is 13.8 Å². The minimum Gasteiger partial charge on any atom is -0.370 e. The van der Waals surface area contributed by atoms with Gasteiger partial charge in [-0.25, -0.2) is 9.97 Å². The molecule has 1 aromatic rings. The Kier molecular flexibility index (Phi) is 5.85. The average molecular weight is 276 g/mol. The van der Waals surface area contributed by atoms with E-state index in [2.05, 4.69) is 20.6 Å². The molecule has 1 aromatic heterocycles. The lowest BCUT2D eigenvalue weighted by molar-refractivity contribution is -0.115. The summed E-state index contributed by atoms with van der Waals surface area (Å²) in [5, 5.41) is 5.34. The smallest absolute Gasteiger partial charge is 0.370 e. The molecule has 108 valence electrons. The van der Waals surface area contributed by atoms with E-state index >= 15 is 0 Å². The highest BCUT2D eigenvalue weighted by Crippen LogP contribution is 2.17. The minimum atomic E-state index is -4.26. The third-order valence-electron chi connectivity index (χ3n) is 2.27. The highest BCUT2D eigenvalue weighted by Gasteiger charge is 2.26. The third kappa shape index (κ3) is 6.26. The van der Waals surface area contributed by atoms with E-state index in [-0.39, 0.29) is 5.82 Å². The molecular formula is C12H19F3N4. The fraction of sp³-hybridized carbons (Fsp3) is 0.667. The second kappa shape index (κ2) is 7.16. The molecule has 0 aromatic carbocycles. The van der Waals surface area contributed by atoms with Gasteiger partial charge in [-0.05, 0) is 12.8 Å². The van der Waals surface area contributed by atoms with Gasteiger partial charge >= 0.3 is 6.18 Å². The number of alkyl halides is 3. The predicted octanol–water partition coefficient (Wildman–Crippen LogP) is 3.23. The van der Waals surface area contributed by atoms with Gasteiger partial charge in [-0.3, -0.25) is 0 Å². The SMILES string of the molecule is CCCNc1cc(NCC(F)(F)F)nc(CCC)n1. The normalized spacial score (nSPS) is 11.4. The number of nitrogens with zero attached hydrogens (tertiary/aromatic N) is 2. The molecule has 0 radical (unpaired) electrons. The van der Waals surface area contributed by atoms with Crippen LogP contribution in [0.15, 0.2) is 6.07 Å². The van der Waals surface area contributed by atoms with E-state index in [9.17, 15) is 13.2 Å². The molecule has 0 saturated carbocycles. The Morgan fingerprint density at radius 1 is 1.05 bits per heavy atom. The molecule has 0 aliphatic carbocycles. The molecule has 0 aliphatic rings. The summed E-state index contributed by atoms with van der Waals surface area (Å²) in [5.41, 5.74) is 0. The zero-order valence-corrected chi connectivity index (χ0v) is 11.1. The van der Waals surface area contributed by atoms with Gasteiger partial charge in [0.2, 0.25) is 0 Å². The Balaban J connectivity index is 2.79. The summed E-state index contributed by atoms with van der Waals surface area (Å²) in [6, 6.07) is 1.50. The quantitative estimate of drug-likeness (QED) is 0.802. The molecule has 1 heterocycles. The maximum Gasteiger partial charge on any atom is 0.405 e. The van der Waals surface area contributed by atoms with Crippen molar-refractivity contribution in [2.75, 3.05) is 23.7 Å². The second-order valence-electron chi connectivity index (χ2n) is 4.20. The number of nitrogens with one attached hydrogen (secondary N) is 2. The molecule has 0 fully saturated rings. The lowest BCUT2D eigenvalue weighted by Gasteiger charge is -2.12. The Morgan fingerprint density at radius 3 is 2.21 bits per heavy atom.